The second kappa shape index (κ2) is 10.2. The number of anilines is 1. The van der Waals surface area contributed by atoms with Crippen molar-refractivity contribution in [3.8, 4) is 17.2 Å². The number of piperazine rings is 1. The number of carbonyl (C=O) groups excluding carboxylic acids is 1. The van der Waals surface area contributed by atoms with E-state index in [0.29, 0.717) is 34.9 Å². The van der Waals surface area contributed by atoms with E-state index in [1.807, 2.05) is 6.07 Å². The van der Waals surface area contributed by atoms with Gasteiger partial charge in [0.2, 0.25) is 5.75 Å². The maximum Gasteiger partial charge on any atom is 0.251 e. The Balaban J connectivity index is 1.29. The van der Waals surface area contributed by atoms with Gasteiger partial charge in [0.1, 0.15) is 11.3 Å². The van der Waals surface area contributed by atoms with Gasteiger partial charge in [-0.2, -0.15) is 0 Å². The monoisotopic (exact) mass is 474 g/mol. The molecule has 0 aliphatic carbocycles. The summed E-state index contributed by atoms with van der Waals surface area (Å²) in [6.45, 7) is 4.56. The molecule has 33 heavy (non-hydrogen) atoms. The number of nitrogens with one attached hydrogen (secondary N) is 1. The number of benzene rings is 2. The van der Waals surface area contributed by atoms with Gasteiger partial charge in [0.05, 0.1) is 26.0 Å². The van der Waals surface area contributed by atoms with Gasteiger partial charge in [-0.1, -0.05) is 17.4 Å². The number of nitrogens with zero attached hydrogens (tertiary/aromatic N) is 3. The Morgan fingerprint density at radius 1 is 1.09 bits per heavy atom. The van der Waals surface area contributed by atoms with Crippen molar-refractivity contribution < 1.29 is 23.4 Å². The SMILES string of the molecule is COc1cc(C(=O)NCCN2CCN(c3nc4c(F)cccc4s3)CC2)cc(OC)c1OC. The molecule has 0 radical (unpaired) electrons. The van der Waals surface area contributed by atoms with Gasteiger partial charge < -0.3 is 24.4 Å². The van der Waals surface area contributed by atoms with E-state index >= 15 is 0 Å². The number of hydrogen-bond donors (Lipinski definition) is 1. The highest BCUT2D eigenvalue weighted by Crippen LogP contribution is 2.38. The van der Waals surface area contributed by atoms with Crippen molar-refractivity contribution in [1.29, 1.82) is 0 Å². The number of rotatable bonds is 8. The van der Waals surface area contributed by atoms with E-state index in [4.69, 9.17) is 14.2 Å². The molecule has 2 heterocycles. The fourth-order valence-electron chi connectivity index (χ4n) is 3.84. The third-order valence-electron chi connectivity index (χ3n) is 5.64. The molecular formula is C23H27FN4O4S. The normalized spacial score (nSPS) is 14.4. The van der Waals surface area contributed by atoms with Gasteiger partial charge in [0, 0.05) is 44.8 Å². The highest BCUT2D eigenvalue weighted by Gasteiger charge is 2.21. The first-order valence-corrected chi connectivity index (χ1v) is 11.5. The Morgan fingerprint density at radius 3 is 2.39 bits per heavy atom. The summed E-state index contributed by atoms with van der Waals surface area (Å²) in [7, 11) is 4.56. The van der Waals surface area contributed by atoms with Crippen LogP contribution >= 0.6 is 11.3 Å². The molecule has 0 atom stereocenters. The van der Waals surface area contributed by atoms with Crippen molar-refractivity contribution in [1.82, 2.24) is 15.2 Å². The molecule has 8 nitrogen and oxygen atoms in total. The molecule has 1 saturated heterocycles. The lowest BCUT2D eigenvalue weighted by Crippen LogP contribution is -2.48. The van der Waals surface area contributed by atoms with Crippen LogP contribution < -0.4 is 24.4 Å². The van der Waals surface area contributed by atoms with Gasteiger partial charge in [-0.15, -0.1) is 0 Å². The number of methoxy groups -OCH3 is 3. The number of carbonyl (C=O) groups is 1. The highest BCUT2D eigenvalue weighted by atomic mass is 32.1. The minimum atomic E-state index is -0.281. The van der Waals surface area contributed by atoms with Crippen LogP contribution in [0.3, 0.4) is 0 Å². The van der Waals surface area contributed by atoms with E-state index in [-0.39, 0.29) is 11.7 Å². The van der Waals surface area contributed by atoms with Gasteiger partial charge in [-0.3, -0.25) is 9.69 Å². The van der Waals surface area contributed by atoms with Crippen LogP contribution in [0.15, 0.2) is 30.3 Å². The quantitative estimate of drug-likeness (QED) is 0.538. The molecule has 0 spiro atoms. The zero-order valence-corrected chi connectivity index (χ0v) is 19.7. The predicted octanol–water partition coefficient (Wildman–Crippen LogP) is 3.01. The molecule has 1 aromatic heterocycles. The van der Waals surface area contributed by atoms with E-state index in [1.54, 1.807) is 18.2 Å². The minimum Gasteiger partial charge on any atom is -0.493 e. The summed E-state index contributed by atoms with van der Waals surface area (Å²) in [4.78, 5) is 21.6. The number of hydrogen-bond acceptors (Lipinski definition) is 8. The van der Waals surface area contributed by atoms with Crippen molar-refractivity contribution in [3.63, 3.8) is 0 Å². The Labute approximate surface area is 195 Å². The van der Waals surface area contributed by atoms with Crippen LogP contribution in [0.4, 0.5) is 9.52 Å². The number of thiazole rings is 1. The number of halogens is 1. The summed E-state index contributed by atoms with van der Waals surface area (Å²) < 4.78 is 30.7. The highest BCUT2D eigenvalue weighted by molar-refractivity contribution is 7.22. The summed E-state index contributed by atoms with van der Waals surface area (Å²) in [5, 5.41) is 3.81. The lowest BCUT2D eigenvalue weighted by atomic mass is 10.1. The average Bonchev–Trinajstić information content (AvgIpc) is 3.29. The first-order chi connectivity index (χ1) is 16.0. The van der Waals surface area contributed by atoms with Gasteiger partial charge in [0.15, 0.2) is 16.6 Å². The van der Waals surface area contributed by atoms with Crippen LogP contribution in [0.2, 0.25) is 0 Å². The van der Waals surface area contributed by atoms with Crippen molar-refractivity contribution in [2.75, 3.05) is 65.5 Å². The summed E-state index contributed by atoms with van der Waals surface area (Å²) in [5.74, 6) is 0.840. The molecule has 1 N–H and O–H groups in total. The Hall–Kier alpha value is -3.11. The maximum atomic E-state index is 13.9. The van der Waals surface area contributed by atoms with Crippen LogP contribution in [0.25, 0.3) is 10.2 Å². The smallest absolute Gasteiger partial charge is 0.251 e. The second-order valence-corrected chi connectivity index (χ2v) is 8.59. The number of amides is 1. The van der Waals surface area contributed by atoms with Crippen LogP contribution in [0.1, 0.15) is 10.4 Å². The molecule has 0 bridgehead atoms. The molecule has 2 aromatic carbocycles. The average molecular weight is 475 g/mol. The van der Waals surface area contributed by atoms with Gasteiger partial charge in [-0.25, -0.2) is 9.37 Å². The second-order valence-electron chi connectivity index (χ2n) is 7.58. The van der Waals surface area contributed by atoms with Crippen LogP contribution in [-0.4, -0.2) is 76.4 Å². The van der Waals surface area contributed by atoms with Crippen molar-refractivity contribution in [2.45, 2.75) is 0 Å². The third-order valence-corrected chi connectivity index (χ3v) is 6.72. The maximum absolute atomic E-state index is 13.9. The predicted molar refractivity (Wildman–Crippen MR) is 127 cm³/mol. The van der Waals surface area contributed by atoms with E-state index in [2.05, 4.69) is 20.1 Å². The summed E-state index contributed by atoms with van der Waals surface area (Å²) in [6, 6.07) is 8.32. The Bertz CT molecular complexity index is 1110. The molecular weight excluding hydrogens is 447 g/mol. The van der Waals surface area contributed by atoms with E-state index < -0.39 is 0 Å². The zero-order chi connectivity index (χ0) is 23.4. The third kappa shape index (κ3) is 4.96. The standard InChI is InChI=1S/C23H27FN4O4S/c1-30-17-13-15(14-18(31-2)21(17)32-3)22(29)25-7-8-27-9-11-28(12-10-27)23-26-20-16(24)5-4-6-19(20)33-23/h4-6,13-14H,7-12H2,1-3H3,(H,25,29). The minimum absolute atomic E-state index is 0.204. The van der Waals surface area contributed by atoms with E-state index in [0.717, 1.165) is 42.6 Å². The van der Waals surface area contributed by atoms with Crippen LogP contribution in [0, 0.1) is 5.82 Å². The molecule has 1 fully saturated rings. The molecule has 0 unspecified atom stereocenters. The molecule has 176 valence electrons. The molecule has 10 heteroatoms. The number of ether oxygens (including phenoxy) is 3. The largest absolute Gasteiger partial charge is 0.493 e. The van der Waals surface area contributed by atoms with Crippen molar-refractivity contribution >= 4 is 32.6 Å². The Kier molecular flexibility index (Phi) is 7.14. The summed E-state index contributed by atoms with van der Waals surface area (Å²) >= 11 is 1.52. The van der Waals surface area contributed by atoms with Crippen molar-refractivity contribution in [2.24, 2.45) is 0 Å². The number of fused-ring (bicyclic) bond motifs is 1. The van der Waals surface area contributed by atoms with Crippen LogP contribution in [0.5, 0.6) is 17.2 Å². The fourth-order valence-corrected chi connectivity index (χ4v) is 4.87. The van der Waals surface area contributed by atoms with Crippen molar-refractivity contribution in [3.05, 3.63) is 41.7 Å². The fraction of sp³-hybridized carbons (Fsp3) is 0.391. The molecule has 1 aliphatic heterocycles. The molecule has 0 saturated carbocycles. The topological polar surface area (TPSA) is 76.2 Å². The zero-order valence-electron chi connectivity index (χ0n) is 18.9. The van der Waals surface area contributed by atoms with Crippen LogP contribution in [-0.2, 0) is 0 Å². The molecule has 4 rings (SSSR count). The summed E-state index contributed by atoms with van der Waals surface area (Å²) in [6.07, 6.45) is 0. The molecule has 1 amide bonds. The lowest BCUT2D eigenvalue weighted by molar-refractivity contribution is 0.0947. The molecule has 1 aliphatic rings. The van der Waals surface area contributed by atoms with E-state index in [9.17, 15) is 9.18 Å². The van der Waals surface area contributed by atoms with Gasteiger partial charge in [0.25, 0.3) is 5.91 Å². The van der Waals surface area contributed by atoms with E-state index in [1.165, 1.54) is 38.7 Å². The lowest BCUT2D eigenvalue weighted by Gasteiger charge is -2.34. The number of aromatic nitrogens is 1. The molecule has 3 aromatic rings. The first-order valence-electron chi connectivity index (χ1n) is 10.6. The summed E-state index contributed by atoms with van der Waals surface area (Å²) in [5.41, 5.74) is 0.881. The number of para-hydroxylation sites is 1. The van der Waals surface area contributed by atoms with Gasteiger partial charge >= 0.3 is 0 Å². The Morgan fingerprint density at radius 2 is 1.79 bits per heavy atom. The first kappa shape index (κ1) is 23.1. The van der Waals surface area contributed by atoms with Gasteiger partial charge in [-0.05, 0) is 24.3 Å².